The van der Waals surface area contributed by atoms with Gasteiger partial charge < -0.3 is 24.6 Å². The SMILES string of the molecule is COc1ccc(CC[NH+](C)CCn2nc(Cc3ccc(F)cc3)c3ccccc3c2=O)cc1.O=C([O-])C(=O)O. The van der Waals surface area contributed by atoms with Crippen molar-refractivity contribution in [3.63, 3.8) is 0 Å². The van der Waals surface area contributed by atoms with Gasteiger partial charge in [-0.05, 0) is 41.5 Å². The first kappa shape index (κ1) is 29.0. The molecule has 0 saturated heterocycles. The maximum atomic E-state index is 13.3. The number of methoxy groups -OCH3 is 1. The number of likely N-dealkylation sites (N-methyl/N-ethyl adjacent to an activating group) is 1. The van der Waals surface area contributed by atoms with Gasteiger partial charge in [0, 0.05) is 18.2 Å². The molecule has 1 unspecified atom stereocenters. The lowest BCUT2D eigenvalue weighted by Crippen LogP contribution is -3.09. The van der Waals surface area contributed by atoms with Crippen LogP contribution in [0.5, 0.6) is 5.75 Å². The average molecular weight is 536 g/mol. The number of hydrogen-bond donors (Lipinski definition) is 2. The van der Waals surface area contributed by atoms with Crippen LogP contribution in [0.4, 0.5) is 4.39 Å². The number of hydrogen-bond acceptors (Lipinski definition) is 6. The van der Waals surface area contributed by atoms with E-state index in [0.29, 0.717) is 18.4 Å². The minimum absolute atomic E-state index is 0.0728. The Hall–Kier alpha value is -4.57. The Kier molecular flexibility index (Phi) is 10.3. The van der Waals surface area contributed by atoms with Crippen molar-refractivity contribution >= 4 is 22.7 Å². The number of rotatable bonds is 9. The van der Waals surface area contributed by atoms with Crippen LogP contribution in [0.15, 0.2) is 77.6 Å². The molecule has 3 aromatic carbocycles. The van der Waals surface area contributed by atoms with Crippen molar-refractivity contribution in [2.45, 2.75) is 19.4 Å². The number of carbonyl (C=O) groups excluding carboxylic acids is 1. The summed E-state index contributed by atoms with van der Waals surface area (Å²) >= 11 is 0. The lowest BCUT2D eigenvalue weighted by atomic mass is 10.0. The van der Waals surface area contributed by atoms with Gasteiger partial charge in [-0.1, -0.05) is 42.5 Å². The van der Waals surface area contributed by atoms with E-state index >= 15 is 0 Å². The van der Waals surface area contributed by atoms with Crippen molar-refractivity contribution < 1.29 is 33.8 Å². The van der Waals surface area contributed by atoms with E-state index < -0.39 is 11.9 Å². The zero-order chi connectivity index (χ0) is 28.4. The Morgan fingerprint density at radius 2 is 1.56 bits per heavy atom. The first-order valence-corrected chi connectivity index (χ1v) is 12.3. The summed E-state index contributed by atoms with van der Waals surface area (Å²) in [6.07, 6.45) is 1.49. The average Bonchev–Trinajstić information content (AvgIpc) is 2.94. The number of nitrogens with one attached hydrogen (secondary N) is 1. The van der Waals surface area contributed by atoms with E-state index in [4.69, 9.17) is 29.6 Å². The number of fused-ring (bicyclic) bond motifs is 1. The highest BCUT2D eigenvalue weighted by atomic mass is 19.1. The largest absolute Gasteiger partial charge is 0.539 e. The zero-order valence-electron chi connectivity index (χ0n) is 21.7. The Bertz CT molecular complexity index is 1460. The number of benzene rings is 3. The van der Waals surface area contributed by atoms with Crippen LogP contribution in [0.25, 0.3) is 10.8 Å². The van der Waals surface area contributed by atoms with Gasteiger partial charge >= 0.3 is 5.97 Å². The molecule has 10 heteroatoms. The second kappa shape index (κ2) is 13.8. The van der Waals surface area contributed by atoms with E-state index in [1.807, 2.05) is 36.4 Å². The number of carboxylic acids is 2. The third-order valence-electron chi connectivity index (χ3n) is 6.15. The standard InChI is InChI=1S/C27H28FN3O2.C2H2O4/c1-30(16-15-20-9-13-23(33-2)14-10-20)17-18-31-27(32)25-6-4-3-5-24(25)26(29-31)19-21-7-11-22(28)12-8-21;3-1(4)2(5)6/h3-14H,15-19H2,1-2H3;(H,3,4)(H,5,6). The van der Waals surface area contributed by atoms with E-state index in [1.54, 1.807) is 23.9 Å². The summed E-state index contributed by atoms with van der Waals surface area (Å²) in [6.45, 7) is 2.28. The highest BCUT2D eigenvalue weighted by molar-refractivity contribution is 6.26. The Morgan fingerprint density at radius 3 is 2.15 bits per heavy atom. The second-order valence-electron chi connectivity index (χ2n) is 8.97. The van der Waals surface area contributed by atoms with Crippen LogP contribution in [0.1, 0.15) is 16.8 Å². The first-order valence-electron chi connectivity index (χ1n) is 12.3. The minimum Gasteiger partial charge on any atom is -0.539 e. The predicted molar refractivity (Wildman–Crippen MR) is 141 cm³/mol. The first-order chi connectivity index (χ1) is 18.7. The normalized spacial score (nSPS) is 11.4. The maximum absolute atomic E-state index is 13.3. The highest BCUT2D eigenvalue weighted by Crippen LogP contribution is 2.17. The lowest BCUT2D eigenvalue weighted by Gasteiger charge is -2.16. The van der Waals surface area contributed by atoms with Crippen molar-refractivity contribution in [1.82, 2.24) is 9.78 Å². The van der Waals surface area contributed by atoms with E-state index in [0.717, 1.165) is 41.9 Å². The summed E-state index contributed by atoms with van der Waals surface area (Å²) in [5.41, 5.74) is 2.98. The van der Waals surface area contributed by atoms with Crippen LogP contribution in [-0.2, 0) is 29.0 Å². The van der Waals surface area contributed by atoms with Gasteiger partial charge in [-0.3, -0.25) is 4.79 Å². The van der Waals surface area contributed by atoms with Crippen LogP contribution < -0.4 is 20.3 Å². The van der Waals surface area contributed by atoms with Gasteiger partial charge in [0.25, 0.3) is 5.56 Å². The summed E-state index contributed by atoms with van der Waals surface area (Å²) < 4.78 is 20.1. The molecule has 0 amide bonds. The van der Waals surface area contributed by atoms with E-state index in [1.165, 1.54) is 22.6 Å². The lowest BCUT2D eigenvalue weighted by molar-refractivity contribution is -0.880. The summed E-state index contributed by atoms with van der Waals surface area (Å²) in [5, 5.41) is 22.5. The van der Waals surface area contributed by atoms with Crippen molar-refractivity contribution in [3.8, 4) is 5.75 Å². The number of ether oxygens (including phenoxy) is 1. The van der Waals surface area contributed by atoms with Gasteiger partial charge in [0.05, 0.1) is 44.9 Å². The summed E-state index contributed by atoms with van der Waals surface area (Å²) in [4.78, 5) is 32.4. The molecule has 4 rings (SSSR count). The Labute approximate surface area is 224 Å². The molecule has 39 heavy (non-hydrogen) atoms. The van der Waals surface area contributed by atoms with Gasteiger partial charge in [-0.25, -0.2) is 13.9 Å². The Balaban J connectivity index is 0.000000631. The zero-order valence-corrected chi connectivity index (χ0v) is 21.7. The number of carboxylic acid groups (broad SMARTS) is 2. The molecule has 0 radical (unpaired) electrons. The molecule has 1 atom stereocenters. The van der Waals surface area contributed by atoms with E-state index in [-0.39, 0.29) is 11.4 Å². The van der Waals surface area contributed by atoms with Crippen molar-refractivity contribution in [2.24, 2.45) is 0 Å². The number of aromatic nitrogens is 2. The van der Waals surface area contributed by atoms with Gasteiger partial charge in [-0.15, -0.1) is 0 Å². The number of carbonyl (C=O) groups is 2. The van der Waals surface area contributed by atoms with E-state index in [2.05, 4.69) is 19.2 Å². The smallest absolute Gasteiger partial charge is 0.351 e. The molecule has 0 fully saturated rings. The second-order valence-corrected chi connectivity index (χ2v) is 8.97. The summed E-state index contributed by atoms with van der Waals surface area (Å²) in [5.74, 6) is -3.41. The molecule has 0 bridgehead atoms. The molecule has 1 aromatic heterocycles. The topological polar surface area (TPSA) is 126 Å². The number of quaternary nitrogens is 1. The number of aliphatic carboxylic acids is 2. The molecule has 2 N–H and O–H groups in total. The molecule has 0 aliphatic heterocycles. The van der Waals surface area contributed by atoms with E-state index in [9.17, 15) is 9.18 Å². The summed E-state index contributed by atoms with van der Waals surface area (Å²) in [6, 6.07) is 22.1. The molecule has 0 aliphatic carbocycles. The Morgan fingerprint density at radius 1 is 0.974 bits per heavy atom. The van der Waals surface area contributed by atoms with Crippen LogP contribution in [0.2, 0.25) is 0 Å². The molecule has 0 spiro atoms. The van der Waals surface area contributed by atoms with Crippen LogP contribution in [0.3, 0.4) is 0 Å². The van der Waals surface area contributed by atoms with Gasteiger partial charge in [0.1, 0.15) is 11.6 Å². The molecular formula is C29H30FN3O6. The van der Waals surface area contributed by atoms with Crippen molar-refractivity contribution in [3.05, 3.63) is 106 Å². The van der Waals surface area contributed by atoms with Crippen LogP contribution in [-0.4, -0.2) is 54.1 Å². The van der Waals surface area contributed by atoms with Crippen LogP contribution in [0, 0.1) is 5.82 Å². The van der Waals surface area contributed by atoms with Gasteiger partial charge in [0.2, 0.25) is 0 Å². The highest BCUT2D eigenvalue weighted by Gasteiger charge is 2.13. The monoisotopic (exact) mass is 535 g/mol. The van der Waals surface area contributed by atoms with Crippen molar-refractivity contribution in [1.29, 1.82) is 0 Å². The quantitative estimate of drug-likeness (QED) is 0.303. The number of nitrogens with zero attached hydrogens (tertiary/aromatic N) is 2. The molecular weight excluding hydrogens is 505 g/mol. The maximum Gasteiger partial charge on any atom is 0.351 e. The molecule has 0 aliphatic rings. The molecule has 204 valence electrons. The predicted octanol–water partition coefficient (Wildman–Crippen LogP) is 0.713. The fraction of sp³-hybridized carbons (Fsp3) is 0.241. The van der Waals surface area contributed by atoms with Gasteiger partial charge in [-0.2, -0.15) is 5.10 Å². The number of halogens is 1. The molecule has 4 aromatic rings. The molecule has 1 heterocycles. The molecule has 0 saturated carbocycles. The third kappa shape index (κ3) is 8.47. The molecule has 9 nitrogen and oxygen atoms in total. The summed E-state index contributed by atoms with van der Waals surface area (Å²) in [7, 11) is 3.80. The fourth-order valence-electron chi connectivity index (χ4n) is 3.95. The fourth-order valence-corrected chi connectivity index (χ4v) is 3.95. The van der Waals surface area contributed by atoms with Crippen molar-refractivity contribution in [2.75, 3.05) is 27.2 Å². The minimum atomic E-state index is -2.07. The van der Waals surface area contributed by atoms with Gasteiger partial charge in [0.15, 0.2) is 5.97 Å². The van der Waals surface area contributed by atoms with Crippen LogP contribution >= 0.6 is 0 Å². The third-order valence-corrected chi connectivity index (χ3v) is 6.15.